The van der Waals surface area contributed by atoms with Gasteiger partial charge < -0.3 is 15.2 Å². The Hall–Kier alpha value is -0.710. The minimum absolute atomic E-state index is 0.191. The summed E-state index contributed by atoms with van der Waals surface area (Å²) in [5.74, 6) is 0.897. The molecule has 1 aromatic rings. The van der Waals surface area contributed by atoms with Crippen molar-refractivity contribution >= 4 is 11.8 Å². The lowest BCUT2D eigenvalue weighted by Gasteiger charge is -2.29. The quantitative estimate of drug-likeness (QED) is 0.874. The third-order valence-corrected chi connectivity index (χ3v) is 5.58. The molecule has 1 heterocycles. The molecule has 0 radical (unpaired) electrons. The Kier molecular flexibility index (Phi) is 6.20. The summed E-state index contributed by atoms with van der Waals surface area (Å²) >= 11 is 2.02. The van der Waals surface area contributed by atoms with Crippen molar-refractivity contribution in [1.29, 1.82) is 0 Å². The zero-order valence-electron chi connectivity index (χ0n) is 12.4. The van der Waals surface area contributed by atoms with Gasteiger partial charge in [0.1, 0.15) is 5.75 Å². The molecule has 1 aromatic carbocycles. The fourth-order valence-electron chi connectivity index (χ4n) is 2.45. The van der Waals surface area contributed by atoms with E-state index >= 15 is 0 Å². The molecule has 1 saturated heterocycles. The number of ether oxygens (including phenoxy) is 2. The average molecular weight is 295 g/mol. The van der Waals surface area contributed by atoms with Gasteiger partial charge in [-0.3, -0.25) is 0 Å². The second-order valence-corrected chi connectivity index (χ2v) is 6.66. The number of benzene rings is 1. The third kappa shape index (κ3) is 4.14. The molecule has 0 bridgehead atoms. The minimum atomic E-state index is 0.191. The van der Waals surface area contributed by atoms with Crippen molar-refractivity contribution in [2.75, 3.05) is 20.3 Å². The average Bonchev–Trinajstić information content (AvgIpc) is 2.53. The number of thioether (sulfide) groups is 1. The van der Waals surface area contributed by atoms with Crippen LogP contribution in [0.5, 0.6) is 5.75 Å². The summed E-state index contributed by atoms with van der Waals surface area (Å²) in [4.78, 5) is 0. The Labute approximate surface area is 126 Å². The van der Waals surface area contributed by atoms with Crippen molar-refractivity contribution in [3.05, 3.63) is 29.8 Å². The first kappa shape index (κ1) is 15.7. The molecule has 0 spiro atoms. The van der Waals surface area contributed by atoms with E-state index in [2.05, 4.69) is 19.1 Å². The van der Waals surface area contributed by atoms with E-state index in [1.165, 1.54) is 5.56 Å². The van der Waals surface area contributed by atoms with Crippen molar-refractivity contribution < 1.29 is 9.47 Å². The fraction of sp³-hybridized carbons (Fsp3) is 0.625. The van der Waals surface area contributed by atoms with Crippen LogP contribution in [0.3, 0.4) is 0 Å². The monoisotopic (exact) mass is 295 g/mol. The Balaban J connectivity index is 2.08. The van der Waals surface area contributed by atoms with E-state index in [0.29, 0.717) is 10.5 Å². The number of rotatable bonds is 6. The summed E-state index contributed by atoms with van der Waals surface area (Å²) in [6.07, 6.45) is 3.26. The maximum atomic E-state index is 6.35. The van der Waals surface area contributed by atoms with Gasteiger partial charge in [0.25, 0.3) is 0 Å². The van der Waals surface area contributed by atoms with Gasteiger partial charge in [-0.1, -0.05) is 19.1 Å². The molecule has 2 unspecified atom stereocenters. The van der Waals surface area contributed by atoms with E-state index in [4.69, 9.17) is 15.2 Å². The van der Waals surface area contributed by atoms with Gasteiger partial charge in [-0.15, -0.1) is 11.8 Å². The van der Waals surface area contributed by atoms with E-state index in [1.807, 2.05) is 23.9 Å². The second-order valence-electron chi connectivity index (χ2n) is 5.21. The number of nitrogens with two attached hydrogens (primary N) is 1. The van der Waals surface area contributed by atoms with E-state index in [1.54, 1.807) is 7.11 Å². The first-order chi connectivity index (χ1) is 9.74. The van der Waals surface area contributed by atoms with Gasteiger partial charge in [0.05, 0.1) is 7.11 Å². The van der Waals surface area contributed by atoms with Gasteiger partial charge in [-0.2, -0.15) is 0 Å². The highest BCUT2D eigenvalue weighted by Crippen LogP contribution is 2.39. The van der Waals surface area contributed by atoms with E-state index < -0.39 is 0 Å². The summed E-state index contributed by atoms with van der Waals surface area (Å²) in [6, 6.07) is 8.53. The van der Waals surface area contributed by atoms with E-state index in [-0.39, 0.29) is 6.04 Å². The summed E-state index contributed by atoms with van der Waals surface area (Å²) in [7, 11) is 1.70. The normalized spacial score (nSPS) is 19.6. The van der Waals surface area contributed by atoms with Gasteiger partial charge in [0.15, 0.2) is 0 Å². The zero-order valence-corrected chi connectivity index (χ0v) is 13.2. The smallest absolute Gasteiger partial charge is 0.118 e. The van der Waals surface area contributed by atoms with Crippen LogP contribution in [-0.4, -0.2) is 31.6 Å². The molecular weight excluding hydrogens is 270 g/mol. The van der Waals surface area contributed by atoms with Crippen LogP contribution < -0.4 is 10.5 Å². The topological polar surface area (TPSA) is 44.5 Å². The van der Waals surface area contributed by atoms with E-state index in [0.717, 1.165) is 38.2 Å². The molecule has 1 aliphatic heterocycles. The molecular formula is C16H25NO2S. The van der Waals surface area contributed by atoms with Gasteiger partial charge in [-0.05, 0) is 37.0 Å². The molecule has 1 aliphatic rings. The lowest BCUT2D eigenvalue weighted by atomic mass is 10.0. The molecule has 20 heavy (non-hydrogen) atoms. The Morgan fingerprint density at radius 3 is 2.50 bits per heavy atom. The fourth-order valence-corrected chi connectivity index (χ4v) is 4.04. The molecule has 3 nitrogen and oxygen atoms in total. The molecule has 2 N–H and O–H groups in total. The molecule has 0 aliphatic carbocycles. The molecule has 0 aromatic heterocycles. The summed E-state index contributed by atoms with van der Waals surface area (Å²) in [6.45, 7) is 3.93. The van der Waals surface area contributed by atoms with Crippen LogP contribution in [0.1, 0.15) is 37.0 Å². The highest BCUT2D eigenvalue weighted by atomic mass is 32.2. The molecule has 2 atom stereocenters. The lowest BCUT2D eigenvalue weighted by molar-refractivity contribution is 0.0999. The van der Waals surface area contributed by atoms with E-state index in [9.17, 15) is 0 Å². The van der Waals surface area contributed by atoms with Gasteiger partial charge >= 0.3 is 0 Å². The Morgan fingerprint density at radius 1 is 1.30 bits per heavy atom. The maximum absolute atomic E-state index is 6.35. The van der Waals surface area contributed by atoms with Crippen LogP contribution in [0.2, 0.25) is 0 Å². The highest BCUT2D eigenvalue weighted by molar-refractivity contribution is 8.00. The number of hydrogen-bond acceptors (Lipinski definition) is 4. The Morgan fingerprint density at radius 2 is 1.95 bits per heavy atom. The summed E-state index contributed by atoms with van der Waals surface area (Å²) in [5, 5.41) is 1.02. The van der Waals surface area contributed by atoms with Crippen LogP contribution in [0, 0.1) is 0 Å². The first-order valence-corrected chi connectivity index (χ1v) is 8.31. The molecule has 2 rings (SSSR count). The van der Waals surface area contributed by atoms with Crippen molar-refractivity contribution in [3.63, 3.8) is 0 Å². The molecule has 0 saturated carbocycles. The predicted octanol–water partition coefficient (Wildman–Crippen LogP) is 3.39. The first-order valence-electron chi connectivity index (χ1n) is 7.37. The summed E-state index contributed by atoms with van der Waals surface area (Å²) < 4.78 is 10.7. The van der Waals surface area contributed by atoms with Crippen molar-refractivity contribution in [2.45, 2.75) is 42.7 Å². The van der Waals surface area contributed by atoms with Crippen LogP contribution in [0.4, 0.5) is 0 Å². The third-order valence-electron chi connectivity index (χ3n) is 3.81. The maximum Gasteiger partial charge on any atom is 0.118 e. The highest BCUT2D eigenvalue weighted by Gasteiger charge is 2.25. The molecule has 4 heteroatoms. The van der Waals surface area contributed by atoms with Gasteiger partial charge in [0.2, 0.25) is 0 Å². The standard InChI is InChI=1S/C16H25NO2S/c1-3-15(17)16(20-14-8-10-19-11-9-14)12-4-6-13(18-2)7-5-12/h4-7,14-16H,3,8-11,17H2,1-2H3. The minimum Gasteiger partial charge on any atom is -0.497 e. The van der Waals surface area contributed by atoms with Crippen LogP contribution in [-0.2, 0) is 4.74 Å². The van der Waals surface area contributed by atoms with Crippen molar-refractivity contribution in [1.82, 2.24) is 0 Å². The van der Waals surface area contributed by atoms with Crippen LogP contribution in [0.15, 0.2) is 24.3 Å². The molecule has 0 amide bonds. The second kappa shape index (κ2) is 7.91. The molecule has 112 valence electrons. The van der Waals surface area contributed by atoms with Crippen molar-refractivity contribution in [3.8, 4) is 5.75 Å². The van der Waals surface area contributed by atoms with Gasteiger partial charge in [0, 0.05) is 29.8 Å². The van der Waals surface area contributed by atoms with Crippen molar-refractivity contribution in [2.24, 2.45) is 5.73 Å². The summed E-state index contributed by atoms with van der Waals surface area (Å²) in [5.41, 5.74) is 7.66. The van der Waals surface area contributed by atoms with Crippen LogP contribution >= 0.6 is 11.8 Å². The molecule has 1 fully saturated rings. The predicted molar refractivity (Wildman–Crippen MR) is 85.4 cm³/mol. The van der Waals surface area contributed by atoms with Crippen LogP contribution in [0.25, 0.3) is 0 Å². The zero-order chi connectivity index (χ0) is 14.4. The Bertz CT molecular complexity index is 390. The SMILES string of the molecule is CCC(N)C(SC1CCOCC1)c1ccc(OC)cc1. The number of hydrogen-bond donors (Lipinski definition) is 1. The lowest BCUT2D eigenvalue weighted by Crippen LogP contribution is -2.28. The largest absolute Gasteiger partial charge is 0.497 e. The van der Waals surface area contributed by atoms with Gasteiger partial charge in [-0.25, -0.2) is 0 Å². The number of methoxy groups -OCH3 is 1.